The van der Waals surface area contributed by atoms with Crippen LogP contribution >= 0.6 is 0 Å². The van der Waals surface area contributed by atoms with E-state index in [-0.39, 0.29) is 11.6 Å². The van der Waals surface area contributed by atoms with Gasteiger partial charge in [0.05, 0.1) is 13.2 Å². The Labute approximate surface area is 184 Å². The molecule has 0 fully saturated rings. The van der Waals surface area contributed by atoms with Crippen LogP contribution in [-0.2, 0) is 0 Å². The van der Waals surface area contributed by atoms with Crippen LogP contribution in [0.4, 0.5) is 0 Å². The van der Waals surface area contributed by atoms with E-state index in [1.165, 1.54) is 12.2 Å². The van der Waals surface area contributed by atoms with Gasteiger partial charge in [0.25, 0.3) is 0 Å². The molecule has 0 heterocycles. The highest BCUT2D eigenvalue weighted by atomic mass is 16.5. The van der Waals surface area contributed by atoms with Gasteiger partial charge in [-0.25, -0.2) is 0 Å². The molecule has 0 unspecified atom stereocenters. The van der Waals surface area contributed by atoms with E-state index in [2.05, 4.69) is 0 Å². The molecule has 2 aromatic rings. The number of hydrogen-bond donors (Lipinski definition) is 0. The van der Waals surface area contributed by atoms with Crippen molar-refractivity contribution < 1.29 is 19.1 Å². The summed E-state index contributed by atoms with van der Waals surface area (Å²) in [5, 5.41) is 0. The van der Waals surface area contributed by atoms with E-state index in [4.69, 9.17) is 9.47 Å². The van der Waals surface area contributed by atoms with Gasteiger partial charge in [-0.2, -0.15) is 0 Å². The molecule has 2 rings (SSSR count). The number of allylic oxidation sites excluding steroid dienone is 2. The number of rotatable bonds is 12. The second-order valence-corrected chi connectivity index (χ2v) is 7.39. The molecule has 0 saturated carbocycles. The number of nitrogens with zero attached hydrogens (tertiary/aromatic N) is 2. The molecule has 6 heteroatoms. The van der Waals surface area contributed by atoms with Crippen molar-refractivity contribution in [2.24, 2.45) is 0 Å². The number of carbonyl (C=O) groups is 2. The highest BCUT2D eigenvalue weighted by molar-refractivity contribution is 6.04. The minimum Gasteiger partial charge on any atom is -0.493 e. The maximum absolute atomic E-state index is 12.0. The first-order valence-electron chi connectivity index (χ1n) is 10.1. The van der Waals surface area contributed by atoms with Crippen LogP contribution in [0.5, 0.6) is 11.5 Å². The lowest BCUT2D eigenvalue weighted by molar-refractivity contribution is 0.103. The predicted octanol–water partition coefficient (Wildman–Crippen LogP) is 4.05. The van der Waals surface area contributed by atoms with Crippen molar-refractivity contribution in [3.8, 4) is 11.5 Å². The SMILES string of the molecule is CN(C)/C=C/C(=O)c1ccc(OCCCOc2ccc(C(=O)/C=C/N(C)C)cc2)cc1. The summed E-state index contributed by atoms with van der Waals surface area (Å²) < 4.78 is 11.4. The highest BCUT2D eigenvalue weighted by Gasteiger charge is 2.04. The molecule has 0 amide bonds. The standard InChI is InChI=1S/C25H30N2O4/c1-26(2)16-14-24(28)20-6-10-22(11-7-20)30-18-5-19-31-23-12-8-21(9-13-23)25(29)15-17-27(3)4/h6-17H,5,18-19H2,1-4H3/b16-14+,17-15+. The molecule has 0 radical (unpaired) electrons. The average molecular weight is 423 g/mol. The Morgan fingerprint density at radius 2 is 1.03 bits per heavy atom. The molecule has 164 valence electrons. The number of benzene rings is 2. The first-order chi connectivity index (χ1) is 14.8. The number of carbonyl (C=O) groups excluding carboxylic acids is 2. The fraction of sp³-hybridized carbons (Fsp3) is 0.280. The zero-order valence-electron chi connectivity index (χ0n) is 18.6. The smallest absolute Gasteiger partial charge is 0.187 e. The number of ether oxygens (including phenoxy) is 2. The predicted molar refractivity (Wildman–Crippen MR) is 123 cm³/mol. The molecular weight excluding hydrogens is 392 g/mol. The fourth-order valence-corrected chi connectivity index (χ4v) is 2.50. The Balaban J connectivity index is 1.71. The molecule has 0 aliphatic heterocycles. The lowest BCUT2D eigenvalue weighted by Gasteiger charge is -2.09. The van der Waals surface area contributed by atoms with Crippen molar-refractivity contribution in [2.75, 3.05) is 41.4 Å². The zero-order valence-corrected chi connectivity index (χ0v) is 18.6. The van der Waals surface area contributed by atoms with E-state index < -0.39 is 0 Å². The third-order valence-corrected chi connectivity index (χ3v) is 4.15. The molecular formula is C25H30N2O4. The number of ketones is 2. The summed E-state index contributed by atoms with van der Waals surface area (Å²) in [7, 11) is 7.47. The first kappa shape index (κ1) is 23.7. The van der Waals surface area contributed by atoms with E-state index in [0.717, 1.165) is 0 Å². The van der Waals surface area contributed by atoms with Gasteiger partial charge in [-0.1, -0.05) is 0 Å². The van der Waals surface area contributed by atoms with Crippen molar-refractivity contribution in [3.63, 3.8) is 0 Å². The molecule has 0 bridgehead atoms. The summed E-state index contributed by atoms with van der Waals surface area (Å²) in [5.74, 6) is 1.33. The minimum absolute atomic E-state index is 0.0462. The van der Waals surface area contributed by atoms with E-state index in [1.54, 1.807) is 60.9 Å². The highest BCUT2D eigenvalue weighted by Crippen LogP contribution is 2.15. The summed E-state index contributed by atoms with van der Waals surface area (Å²) >= 11 is 0. The molecule has 0 N–H and O–H groups in total. The third-order valence-electron chi connectivity index (χ3n) is 4.15. The second-order valence-electron chi connectivity index (χ2n) is 7.39. The molecule has 0 atom stereocenters. The number of hydrogen-bond acceptors (Lipinski definition) is 6. The van der Waals surface area contributed by atoms with Gasteiger partial charge in [0.15, 0.2) is 11.6 Å². The molecule has 0 aliphatic carbocycles. The van der Waals surface area contributed by atoms with Gasteiger partial charge in [-0.3, -0.25) is 9.59 Å². The van der Waals surface area contributed by atoms with E-state index in [9.17, 15) is 9.59 Å². The Morgan fingerprint density at radius 3 is 1.35 bits per heavy atom. The van der Waals surface area contributed by atoms with Crippen LogP contribution in [0.2, 0.25) is 0 Å². The van der Waals surface area contributed by atoms with Gasteiger partial charge in [-0.15, -0.1) is 0 Å². The molecule has 0 saturated heterocycles. The molecule has 0 spiro atoms. The van der Waals surface area contributed by atoms with Gasteiger partial charge in [0.1, 0.15) is 11.5 Å². The topological polar surface area (TPSA) is 59.1 Å². The maximum Gasteiger partial charge on any atom is 0.187 e. The van der Waals surface area contributed by atoms with Crippen LogP contribution in [0, 0.1) is 0 Å². The Hall–Kier alpha value is -3.54. The first-order valence-corrected chi connectivity index (χ1v) is 10.1. The monoisotopic (exact) mass is 422 g/mol. The van der Waals surface area contributed by atoms with Crippen molar-refractivity contribution in [1.82, 2.24) is 9.80 Å². The molecule has 6 nitrogen and oxygen atoms in total. The lowest BCUT2D eigenvalue weighted by Crippen LogP contribution is -2.06. The summed E-state index contributed by atoms with van der Waals surface area (Å²) in [6, 6.07) is 14.2. The largest absolute Gasteiger partial charge is 0.493 e. The van der Waals surface area contributed by atoms with Crippen LogP contribution < -0.4 is 9.47 Å². The Kier molecular flexibility index (Phi) is 9.36. The molecule has 0 aliphatic rings. The summed E-state index contributed by atoms with van der Waals surface area (Å²) in [6.45, 7) is 0.999. The van der Waals surface area contributed by atoms with E-state index in [1.807, 2.05) is 38.0 Å². The quantitative estimate of drug-likeness (QED) is 0.292. The van der Waals surface area contributed by atoms with E-state index in [0.29, 0.717) is 42.3 Å². The average Bonchev–Trinajstić information content (AvgIpc) is 2.76. The molecule has 31 heavy (non-hydrogen) atoms. The Morgan fingerprint density at radius 1 is 0.677 bits per heavy atom. The molecule has 0 aromatic heterocycles. The van der Waals surface area contributed by atoms with Crippen LogP contribution in [0.3, 0.4) is 0 Å². The van der Waals surface area contributed by atoms with Crippen LogP contribution in [-0.4, -0.2) is 62.8 Å². The van der Waals surface area contributed by atoms with Gasteiger partial charge in [-0.05, 0) is 48.5 Å². The second kappa shape index (κ2) is 12.2. The van der Waals surface area contributed by atoms with Gasteiger partial charge in [0.2, 0.25) is 0 Å². The van der Waals surface area contributed by atoms with Crippen molar-refractivity contribution >= 4 is 11.6 Å². The summed E-state index contributed by atoms with van der Waals surface area (Å²) in [6.07, 6.45) is 7.23. The van der Waals surface area contributed by atoms with Gasteiger partial charge >= 0.3 is 0 Å². The maximum atomic E-state index is 12.0. The fourth-order valence-electron chi connectivity index (χ4n) is 2.50. The third kappa shape index (κ3) is 8.78. The van der Waals surface area contributed by atoms with Crippen LogP contribution in [0.15, 0.2) is 73.1 Å². The van der Waals surface area contributed by atoms with E-state index >= 15 is 0 Å². The van der Waals surface area contributed by atoms with Gasteiger partial charge in [0, 0.05) is 70.3 Å². The van der Waals surface area contributed by atoms with Gasteiger partial charge < -0.3 is 19.3 Å². The normalized spacial score (nSPS) is 11.0. The lowest BCUT2D eigenvalue weighted by atomic mass is 10.1. The Bertz CT molecular complexity index is 823. The summed E-state index contributed by atoms with van der Waals surface area (Å²) in [4.78, 5) is 27.7. The van der Waals surface area contributed by atoms with Crippen molar-refractivity contribution in [1.29, 1.82) is 0 Å². The minimum atomic E-state index is -0.0462. The van der Waals surface area contributed by atoms with Crippen LogP contribution in [0.25, 0.3) is 0 Å². The van der Waals surface area contributed by atoms with Crippen LogP contribution in [0.1, 0.15) is 27.1 Å². The van der Waals surface area contributed by atoms with Crippen molar-refractivity contribution in [2.45, 2.75) is 6.42 Å². The summed E-state index contributed by atoms with van der Waals surface area (Å²) in [5.41, 5.74) is 1.24. The van der Waals surface area contributed by atoms with Crippen molar-refractivity contribution in [3.05, 3.63) is 84.2 Å². The zero-order chi connectivity index (χ0) is 22.6. The molecule has 2 aromatic carbocycles.